The van der Waals surface area contributed by atoms with Gasteiger partial charge in [0.1, 0.15) is 18.5 Å². The van der Waals surface area contributed by atoms with E-state index in [0.717, 1.165) is 0 Å². The first-order valence-electron chi connectivity index (χ1n) is 9.82. The van der Waals surface area contributed by atoms with Crippen molar-refractivity contribution >= 4 is 17.6 Å². The van der Waals surface area contributed by atoms with E-state index in [1.807, 2.05) is 12.2 Å². The third-order valence-corrected chi connectivity index (χ3v) is 5.25. The normalized spacial score (nSPS) is 24.8. The molecule has 30 heavy (non-hydrogen) atoms. The minimum atomic E-state index is -1.06. The Kier molecular flexibility index (Phi) is 12.9. The summed E-state index contributed by atoms with van der Waals surface area (Å²) in [5, 5.41) is 41.6. The van der Waals surface area contributed by atoms with E-state index in [9.17, 15) is 25.2 Å². The number of rotatable bonds is 11. The zero-order chi connectivity index (χ0) is 21.2. The molecule has 0 aliphatic heterocycles. The third kappa shape index (κ3) is 9.52. The molecule has 8 heteroatoms. The van der Waals surface area contributed by atoms with Gasteiger partial charge in [-0.15, -0.1) is 0 Å². The van der Waals surface area contributed by atoms with Gasteiger partial charge in [0.25, 0.3) is 0 Å². The minimum Gasteiger partial charge on any atom is -0.550 e. The van der Waals surface area contributed by atoms with Crippen molar-refractivity contribution in [2.45, 2.75) is 50.4 Å². The first kappa shape index (κ1) is 27.2. The molecule has 3 N–H and O–H groups in total. The summed E-state index contributed by atoms with van der Waals surface area (Å²) in [6, 6.07) is 6.89. The molecule has 0 aromatic heterocycles. The van der Waals surface area contributed by atoms with Gasteiger partial charge in [0.15, 0.2) is 0 Å². The van der Waals surface area contributed by atoms with Gasteiger partial charge >= 0.3 is 29.6 Å². The Morgan fingerprint density at radius 3 is 2.77 bits per heavy atom. The van der Waals surface area contributed by atoms with Gasteiger partial charge < -0.3 is 30.0 Å². The van der Waals surface area contributed by atoms with Gasteiger partial charge in [-0.1, -0.05) is 42.0 Å². The van der Waals surface area contributed by atoms with Crippen LogP contribution in [0.3, 0.4) is 0 Å². The summed E-state index contributed by atoms with van der Waals surface area (Å²) >= 11 is 5.89. The number of ether oxygens (including phenoxy) is 1. The fourth-order valence-corrected chi connectivity index (χ4v) is 3.67. The SMILES string of the molecule is O=C([O-])CCC/C=C/C[C@H]1[C@H](/C=C/[C@H](O)COc2cccc(Cl)c2)[C@@H](O)C[C@H]1O.[Na+]. The maximum atomic E-state index is 10.4. The second-order valence-electron chi connectivity index (χ2n) is 7.30. The standard InChI is InChI=1S/C22H29ClO6.Na/c23-15-6-5-7-17(12-15)29-14-16(24)10-11-19-18(20(25)13-21(19)26)8-3-1-2-4-9-22(27)28;/h1,3,5-7,10-12,16,18-21,24-26H,2,4,8-9,13-14H2,(H,27,28);/q;+1/p-1/b3-1+,11-10+;/t16-,18-,19-,20+,21-;/m0./s1. The van der Waals surface area contributed by atoms with E-state index in [2.05, 4.69) is 0 Å². The van der Waals surface area contributed by atoms with Crippen molar-refractivity contribution in [2.75, 3.05) is 6.61 Å². The number of halogens is 1. The van der Waals surface area contributed by atoms with E-state index in [1.54, 1.807) is 36.4 Å². The van der Waals surface area contributed by atoms with Crippen LogP contribution in [0, 0.1) is 11.8 Å². The van der Waals surface area contributed by atoms with Crippen LogP contribution in [0.5, 0.6) is 5.75 Å². The van der Waals surface area contributed by atoms with Crippen molar-refractivity contribution in [1.82, 2.24) is 0 Å². The number of carbonyl (C=O) groups is 1. The summed E-state index contributed by atoms with van der Waals surface area (Å²) in [6.45, 7) is 0.0468. The zero-order valence-corrected chi connectivity index (χ0v) is 19.9. The van der Waals surface area contributed by atoms with E-state index in [1.165, 1.54) is 0 Å². The van der Waals surface area contributed by atoms with Crippen molar-refractivity contribution in [2.24, 2.45) is 11.8 Å². The largest absolute Gasteiger partial charge is 1.00 e. The van der Waals surface area contributed by atoms with Crippen molar-refractivity contribution in [3.63, 3.8) is 0 Å². The zero-order valence-electron chi connectivity index (χ0n) is 17.2. The van der Waals surface area contributed by atoms with E-state index >= 15 is 0 Å². The molecule has 160 valence electrons. The summed E-state index contributed by atoms with van der Waals surface area (Å²) in [5.41, 5.74) is 0. The number of hydrogen-bond acceptors (Lipinski definition) is 6. The summed E-state index contributed by atoms with van der Waals surface area (Å²) < 4.78 is 5.50. The average Bonchev–Trinajstić information content (AvgIpc) is 2.93. The number of carboxylic acid groups (broad SMARTS) is 1. The number of benzene rings is 1. The molecule has 6 nitrogen and oxygen atoms in total. The fourth-order valence-electron chi connectivity index (χ4n) is 3.49. The summed E-state index contributed by atoms with van der Waals surface area (Å²) in [5.74, 6) is -0.947. The smallest absolute Gasteiger partial charge is 0.550 e. The molecule has 0 heterocycles. The van der Waals surface area contributed by atoms with E-state index in [4.69, 9.17) is 16.3 Å². The number of carboxylic acids is 1. The van der Waals surface area contributed by atoms with Crippen LogP contribution in [-0.4, -0.2) is 46.2 Å². The molecule has 0 radical (unpaired) electrons. The summed E-state index contributed by atoms with van der Waals surface area (Å²) in [7, 11) is 0. The van der Waals surface area contributed by atoms with Gasteiger partial charge in [-0.05, 0) is 49.8 Å². The van der Waals surface area contributed by atoms with Crippen LogP contribution in [0.25, 0.3) is 0 Å². The van der Waals surface area contributed by atoms with Gasteiger partial charge in [-0.25, -0.2) is 0 Å². The van der Waals surface area contributed by atoms with Crippen molar-refractivity contribution in [3.8, 4) is 5.75 Å². The molecule has 1 aromatic carbocycles. The molecule has 0 amide bonds. The number of aliphatic carboxylic acids is 1. The number of aliphatic hydroxyl groups is 3. The topological polar surface area (TPSA) is 110 Å². The molecule has 0 spiro atoms. The van der Waals surface area contributed by atoms with E-state index < -0.39 is 24.3 Å². The summed E-state index contributed by atoms with van der Waals surface area (Å²) in [6.07, 6.45) is 6.93. The van der Waals surface area contributed by atoms with Crippen LogP contribution in [0.2, 0.25) is 5.02 Å². The minimum absolute atomic E-state index is 0. The maximum absolute atomic E-state index is 10.4. The maximum Gasteiger partial charge on any atom is 1.00 e. The Hall–Kier alpha value is -0.860. The molecule has 1 aliphatic rings. The molecule has 0 unspecified atom stereocenters. The second kappa shape index (κ2) is 14.2. The Morgan fingerprint density at radius 2 is 2.07 bits per heavy atom. The number of unbranched alkanes of at least 4 members (excludes halogenated alkanes) is 1. The average molecular weight is 447 g/mol. The molecular formula is C22H28ClNaO6. The predicted molar refractivity (Wildman–Crippen MR) is 108 cm³/mol. The van der Waals surface area contributed by atoms with Crippen molar-refractivity contribution in [3.05, 3.63) is 53.6 Å². The van der Waals surface area contributed by atoms with Gasteiger partial charge in [0.05, 0.1) is 12.2 Å². The van der Waals surface area contributed by atoms with Gasteiger partial charge in [0, 0.05) is 23.3 Å². The van der Waals surface area contributed by atoms with Gasteiger partial charge in [-0.2, -0.15) is 0 Å². The molecule has 2 rings (SSSR count). The molecule has 1 aromatic rings. The Morgan fingerprint density at radius 1 is 1.30 bits per heavy atom. The number of hydrogen-bond donors (Lipinski definition) is 3. The predicted octanol–water partition coefficient (Wildman–Crippen LogP) is -1.14. The summed E-state index contributed by atoms with van der Waals surface area (Å²) in [4.78, 5) is 10.4. The Balaban J connectivity index is 0.00000450. The molecule has 0 saturated heterocycles. The van der Waals surface area contributed by atoms with Crippen LogP contribution >= 0.6 is 11.6 Å². The molecule has 1 saturated carbocycles. The third-order valence-electron chi connectivity index (χ3n) is 5.01. The Bertz CT molecular complexity index is 711. The van der Waals surface area contributed by atoms with Crippen molar-refractivity contribution in [1.29, 1.82) is 0 Å². The number of aliphatic hydroxyl groups excluding tert-OH is 3. The first-order chi connectivity index (χ1) is 13.9. The second-order valence-corrected chi connectivity index (χ2v) is 7.74. The van der Waals surface area contributed by atoms with Crippen LogP contribution in [0.4, 0.5) is 0 Å². The Labute approximate surface area is 204 Å². The van der Waals surface area contributed by atoms with Gasteiger partial charge in [-0.3, -0.25) is 0 Å². The van der Waals surface area contributed by atoms with Gasteiger partial charge in [0.2, 0.25) is 0 Å². The molecule has 5 atom stereocenters. The van der Waals surface area contributed by atoms with Crippen LogP contribution in [0.1, 0.15) is 32.1 Å². The number of allylic oxidation sites excluding steroid dienone is 2. The van der Waals surface area contributed by atoms with Crippen molar-refractivity contribution < 1.29 is 59.5 Å². The molecule has 1 fully saturated rings. The monoisotopic (exact) mass is 446 g/mol. The fraction of sp³-hybridized carbons (Fsp3) is 0.500. The molecular weight excluding hydrogens is 419 g/mol. The molecule has 1 aliphatic carbocycles. The van der Waals surface area contributed by atoms with E-state index in [-0.39, 0.29) is 60.8 Å². The number of carbonyl (C=O) groups excluding carboxylic acids is 1. The molecule has 0 bridgehead atoms. The van der Waals surface area contributed by atoms with Crippen LogP contribution in [0.15, 0.2) is 48.6 Å². The van der Waals surface area contributed by atoms with Crippen LogP contribution < -0.4 is 39.4 Å². The first-order valence-corrected chi connectivity index (χ1v) is 10.2. The quantitative estimate of drug-likeness (QED) is 0.225. The van der Waals surface area contributed by atoms with E-state index in [0.29, 0.717) is 30.0 Å². The van der Waals surface area contributed by atoms with Crippen LogP contribution in [-0.2, 0) is 4.79 Å².